The molecule has 1 saturated heterocycles. The number of ether oxygens (including phenoxy) is 1. The van der Waals surface area contributed by atoms with E-state index in [-0.39, 0.29) is 5.78 Å². The van der Waals surface area contributed by atoms with Crippen LogP contribution in [0.3, 0.4) is 0 Å². The third-order valence-electron chi connectivity index (χ3n) is 4.11. The van der Waals surface area contributed by atoms with E-state index in [0.29, 0.717) is 35.0 Å². The van der Waals surface area contributed by atoms with Gasteiger partial charge in [0, 0.05) is 29.8 Å². The molecule has 1 fully saturated rings. The number of nitrogens with zero attached hydrogens (tertiary/aromatic N) is 2. The van der Waals surface area contributed by atoms with Crippen molar-refractivity contribution in [3.63, 3.8) is 0 Å². The quantitative estimate of drug-likeness (QED) is 0.796. The third-order valence-corrected chi connectivity index (χ3v) is 4.11. The Kier molecular flexibility index (Phi) is 3.17. The minimum atomic E-state index is -0.0747. The maximum absolute atomic E-state index is 12.4. The third kappa shape index (κ3) is 2.10. The molecule has 1 aromatic heterocycles. The molecule has 0 amide bonds. The molecule has 112 valence electrons. The van der Waals surface area contributed by atoms with Gasteiger partial charge in [-0.05, 0) is 0 Å². The number of oxazole rings is 1. The van der Waals surface area contributed by atoms with Crippen molar-refractivity contribution < 1.29 is 13.9 Å². The summed E-state index contributed by atoms with van der Waals surface area (Å²) in [6, 6.07) is 7.44. The highest BCUT2D eigenvalue weighted by molar-refractivity contribution is 6.32. The lowest BCUT2D eigenvalue weighted by Gasteiger charge is -2.24. The zero-order chi connectivity index (χ0) is 15.1. The monoisotopic (exact) mass is 296 g/mol. The van der Waals surface area contributed by atoms with Crippen LogP contribution in [-0.2, 0) is 11.3 Å². The summed E-state index contributed by atoms with van der Waals surface area (Å²) in [5, 5.41) is 0. The number of fused-ring (bicyclic) bond motifs is 3. The first kappa shape index (κ1) is 13.4. The SMILES string of the molecule is C=C1C(=O)c2ccccc2-c2oc(CN3CCOCC3)nc21. The van der Waals surface area contributed by atoms with Gasteiger partial charge >= 0.3 is 0 Å². The molecule has 0 unspecified atom stereocenters. The zero-order valence-corrected chi connectivity index (χ0v) is 12.2. The van der Waals surface area contributed by atoms with Crippen molar-refractivity contribution in [1.29, 1.82) is 0 Å². The van der Waals surface area contributed by atoms with Crippen molar-refractivity contribution in [1.82, 2.24) is 9.88 Å². The van der Waals surface area contributed by atoms with Gasteiger partial charge in [0.1, 0.15) is 5.69 Å². The number of rotatable bonds is 2. The molecule has 0 N–H and O–H groups in total. The van der Waals surface area contributed by atoms with Crippen molar-refractivity contribution >= 4 is 11.4 Å². The molecule has 0 atom stereocenters. The minimum absolute atomic E-state index is 0.0747. The van der Waals surface area contributed by atoms with E-state index < -0.39 is 0 Å². The summed E-state index contributed by atoms with van der Waals surface area (Å²) in [6.45, 7) is 7.71. The predicted molar refractivity (Wildman–Crippen MR) is 81.4 cm³/mol. The van der Waals surface area contributed by atoms with Crippen LogP contribution in [-0.4, -0.2) is 42.0 Å². The lowest BCUT2D eigenvalue weighted by atomic mass is 9.89. The molecule has 0 bridgehead atoms. The molecular formula is C17H16N2O3. The van der Waals surface area contributed by atoms with Crippen LogP contribution in [0.15, 0.2) is 35.3 Å². The molecule has 5 nitrogen and oxygen atoms in total. The van der Waals surface area contributed by atoms with Crippen LogP contribution in [0, 0.1) is 0 Å². The molecule has 0 spiro atoms. The minimum Gasteiger partial charge on any atom is -0.439 e. The van der Waals surface area contributed by atoms with Crippen LogP contribution < -0.4 is 0 Å². The van der Waals surface area contributed by atoms with E-state index >= 15 is 0 Å². The number of allylic oxidation sites excluding steroid dienone is 1. The summed E-state index contributed by atoms with van der Waals surface area (Å²) in [5.41, 5.74) is 2.42. The molecule has 0 saturated carbocycles. The number of aromatic nitrogens is 1. The first-order valence-electron chi connectivity index (χ1n) is 7.37. The Morgan fingerprint density at radius 3 is 2.68 bits per heavy atom. The van der Waals surface area contributed by atoms with Crippen LogP contribution in [0.1, 0.15) is 21.9 Å². The van der Waals surface area contributed by atoms with E-state index in [4.69, 9.17) is 9.15 Å². The molecule has 5 heteroatoms. The highest BCUT2D eigenvalue weighted by Crippen LogP contribution is 2.38. The molecule has 22 heavy (non-hydrogen) atoms. The molecule has 1 aliphatic carbocycles. The van der Waals surface area contributed by atoms with Gasteiger partial charge in [-0.25, -0.2) is 4.98 Å². The topological polar surface area (TPSA) is 55.6 Å². The molecule has 2 aromatic rings. The maximum Gasteiger partial charge on any atom is 0.209 e. The van der Waals surface area contributed by atoms with Gasteiger partial charge in [0.2, 0.25) is 5.89 Å². The Hall–Kier alpha value is -2.24. The Bertz CT molecular complexity index is 757. The van der Waals surface area contributed by atoms with Crippen LogP contribution in [0.4, 0.5) is 0 Å². The number of morpholine rings is 1. The zero-order valence-electron chi connectivity index (χ0n) is 12.2. The Balaban J connectivity index is 1.72. The van der Waals surface area contributed by atoms with Crippen molar-refractivity contribution in [3.05, 3.63) is 48.0 Å². The average molecular weight is 296 g/mol. The molecular weight excluding hydrogens is 280 g/mol. The van der Waals surface area contributed by atoms with Gasteiger partial charge in [0.05, 0.1) is 19.8 Å². The highest BCUT2D eigenvalue weighted by Gasteiger charge is 2.31. The number of carbonyl (C=O) groups excluding carboxylic acids is 1. The van der Waals surface area contributed by atoms with E-state index in [2.05, 4.69) is 16.5 Å². The Labute approximate surface area is 128 Å². The second kappa shape index (κ2) is 5.19. The van der Waals surface area contributed by atoms with E-state index in [0.717, 1.165) is 31.9 Å². The summed E-state index contributed by atoms with van der Waals surface area (Å²) in [5.74, 6) is 1.20. The first-order chi connectivity index (χ1) is 10.7. The summed E-state index contributed by atoms with van der Waals surface area (Å²) >= 11 is 0. The number of carbonyl (C=O) groups is 1. The van der Waals surface area contributed by atoms with E-state index in [1.54, 1.807) is 6.07 Å². The van der Waals surface area contributed by atoms with Crippen LogP contribution in [0.2, 0.25) is 0 Å². The lowest BCUT2D eigenvalue weighted by Crippen LogP contribution is -2.35. The number of ketones is 1. The fourth-order valence-corrected chi connectivity index (χ4v) is 2.92. The van der Waals surface area contributed by atoms with Gasteiger partial charge in [0.25, 0.3) is 0 Å². The van der Waals surface area contributed by atoms with Crippen LogP contribution in [0.5, 0.6) is 0 Å². The van der Waals surface area contributed by atoms with E-state index in [1.165, 1.54) is 0 Å². The van der Waals surface area contributed by atoms with Gasteiger partial charge in [-0.1, -0.05) is 30.8 Å². The fraction of sp³-hybridized carbons (Fsp3) is 0.294. The fourth-order valence-electron chi connectivity index (χ4n) is 2.92. The predicted octanol–water partition coefficient (Wildman–Crippen LogP) is 2.38. The average Bonchev–Trinajstić information content (AvgIpc) is 2.98. The molecule has 4 rings (SSSR count). The molecule has 2 aliphatic rings. The van der Waals surface area contributed by atoms with Crippen LogP contribution >= 0.6 is 0 Å². The van der Waals surface area contributed by atoms with Crippen molar-refractivity contribution in [2.45, 2.75) is 6.54 Å². The Morgan fingerprint density at radius 2 is 1.91 bits per heavy atom. The number of hydrogen-bond acceptors (Lipinski definition) is 5. The van der Waals surface area contributed by atoms with E-state index in [9.17, 15) is 4.79 Å². The summed E-state index contributed by atoms with van der Waals surface area (Å²) in [7, 11) is 0. The number of hydrogen-bond donors (Lipinski definition) is 0. The molecule has 1 aromatic carbocycles. The molecule has 1 aliphatic heterocycles. The van der Waals surface area contributed by atoms with Gasteiger partial charge in [0.15, 0.2) is 11.5 Å². The van der Waals surface area contributed by atoms with Crippen molar-refractivity contribution in [3.8, 4) is 11.3 Å². The molecule has 2 heterocycles. The summed E-state index contributed by atoms with van der Waals surface area (Å²) < 4.78 is 11.3. The smallest absolute Gasteiger partial charge is 0.209 e. The summed E-state index contributed by atoms with van der Waals surface area (Å²) in [6.07, 6.45) is 0. The van der Waals surface area contributed by atoms with Crippen molar-refractivity contribution in [2.24, 2.45) is 0 Å². The van der Waals surface area contributed by atoms with Gasteiger partial charge in [-0.2, -0.15) is 0 Å². The second-order valence-electron chi connectivity index (χ2n) is 5.53. The van der Waals surface area contributed by atoms with E-state index in [1.807, 2.05) is 18.2 Å². The maximum atomic E-state index is 12.4. The normalized spacial score (nSPS) is 18.2. The highest BCUT2D eigenvalue weighted by atomic mass is 16.5. The lowest BCUT2D eigenvalue weighted by molar-refractivity contribution is 0.0306. The largest absolute Gasteiger partial charge is 0.439 e. The van der Waals surface area contributed by atoms with Gasteiger partial charge in [-0.15, -0.1) is 0 Å². The van der Waals surface area contributed by atoms with Gasteiger partial charge < -0.3 is 9.15 Å². The molecule has 0 radical (unpaired) electrons. The van der Waals surface area contributed by atoms with Crippen molar-refractivity contribution in [2.75, 3.05) is 26.3 Å². The second-order valence-corrected chi connectivity index (χ2v) is 5.53. The standard InChI is InChI=1S/C17H16N2O3/c1-11-15-17(13-5-3-2-4-12(13)16(11)20)22-14(18-15)10-19-6-8-21-9-7-19/h2-5H,1,6-10H2. The van der Waals surface area contributed by atoms with Gasteiger partial charge in [-0.3, -0.25) is 9.69 Å². The first-order valence-corrected chi connectivity index (χ1v) is 7.37. The Morgan fingerprint density at radius 1 is 1.18 bits per heavy atom. The number of Topliss-reactive ketones (excluding diaryl/α,β-unsaturated/α-hetero) is 1. The number of benzene rings is 1. The summed E-state index contributed by atoms with van der Waals surface area (Å²) in [4.78, 5) is 19.1. The van der Waals surface area contributed by atoms with Crippen LogP contribution in [0.25, 0.3) is 16.9 Å².